The molecule has 1 aromatic rings. The van der Waals surface area contributed by atoms with Gasteiger partial charge in [-0.3, -0.25) is 4.79 Å². The second kappa shape index (κ2) is 4.74. The first kappa shape index (κ1) is 10.7. The van der Waals surface area contributed by atoms with E-state index in [1.807, 2.05) is 0 Å². The van der Waals surface area contributed by atoms with E-state index in [-0.39, 0.29) is 19.1 Å². The van der Waals surface area contributed by atoms with Gasteiger partial charge >= 0.3 is 0 Å². The Morgan fingerprint density at radius 1 is 1.36 bits per heavy atom. The van der Waals surface area contributed by atoms with Crippen LogP contribution >= 0.6 is 0 Å². The van der Waals surface area contributed by atoms with Gasteiger partial charge in [0.15, 0.2) is 0 Å². The summed E-state index contributed by atoms with van der Waals surface area (Å²) in [6.45, 7) is 1.04. The number of carbonyl (C=O) groups excluding carboxylic acids is 1. The molecule has 4 heteroatoms. The Kier molecular flexibility index (Phi) is 3.62. The lowest BCUT2D eigenvalue weighted by atomic mass is 10.1. The van der Waals surface area contributed by atoms with Crippen LogP contribution in [0.5, 0.6) is 0 Å². The van der Waals surface area contributed by atoms with Crippen molar-refractivity contribution in [1.29, 1.82) is 0 Å². The van der Waals surface area contributed by atoms with E-state index in [4.69, 9.17) is 10.2 Å². The highest BCUT2D eigenvalue weighted by atomic mass is 16.3. The van der Waals surface area contributed by atoms with E-state index in [1.54, 1.807) is 18.2 Å². The smallest absolute Gasteiger partial charge is 0.221 e. The van der Waals surface area contributed by atoms with Crippen LogP contribution in [0.1, 0.15) is 18.1 Å². The molecular formula is C10H13NO3. The van der Waals surface area contributed by atoms with Crippen molar-refractivity contribution in [2.45, 2.75) is 20.1 Å². The summed E-state index contributed by atoms with van der Waals surface area (Å²) in [6, 6.07) is 5.11. The molecule has 3 N–H and O–H groups in total. The maximum Gasteiger partial charge on any atom is 0.221 e. The van der Waals surface area contributed by atoms with Gasteiger partial charge in [0.25, 0.3) is 0 Å². The molecule has 1 amide bonds. The van der Waals surface area contributed by atoms with Gasteiger partial charge in [-0.25, -0.2) is 0 Å². The molecule has 14 heavy (non-hydrogen) atoms. The van der Waals surface area contributed by atoms with Crippen LogP contribution in [-0.4, -0.2) is 16.1 Å². The maximum absolute atomic E-state index is 10.8. The molecule has 0 aliphatic rings. The van der Waals surface area contributed by atoms with Gasteiger partial charge in [-0.2, -0.15) is 0 Å². The largest absolute Gasteiger partial charge is 0.392 e. The van der Waals surface area contributed by atoms with Crippen molar-refractivity contribution in [3.63, 3.8) is 0 Å². The van der Waals surface area contributed by atoms with Crippen LogP contribution in [0.4, 0.5) is 5.69 Å². The first-order chi connectivity index (χ1) is 6.69. The summed E-state index contributed by atoms with van der Waals surface area (Å²) in [4.78, 5) is 10.8. The quantitative estimate of drug-likeness (QED) is 0.662. The summed E-state index contributed by atoms with van der Waals surface area (Å²) in [5, 5.41) is 20.7. The number of hydrogen-bond donors (Lipinski definition) is 3. The normalized spacial score (nSPS) is 9.93. The van der Waals surface area contributed by atoms with Crippen LogP contribution in [0.2, 0.25) is 0 Å². The van der Waals surface area contributed by atoms with E-state index in [0.29, 0.717) is 16.8 Å². The molecular weight excluding hydrogens is 182 g/mol. The Morgan fingerprint density at radius 3 is 2.57 bits per heavy atom. The van der Waals surface area contributed by atoms with Crippen LogP contribution < -0.4 is 5.32 Å². The fraction of sp³-hybridized carbons (Fsp3) is 0.300. The van der Waals surface area contributed by atoms with E-state index in [2.05, 4.69) is 5.32 Å². The van der Waals surface area contributed by atoms with Gasteiger partial charge < -0.3 is 15.5 Å². The molecule has 0 spiro atoms. The van der Waals surface area contributed by atoms with Crippen molar-refractivity contribution in [3.8, 4) is 0 Å². The summed E-state index contributed by atoms with van der Waals surface area (Å²) in [6.07, 6.45) is 0. The van der Waals surface area contributed by atoms with Gasteiger partial charge in [-0.15, -0.1) is 0 Å². The van der Waals surface area contributed by atoms with Gasteiger partial charge in [0, 0.05) is 18.2 Å². The van der Waals surface area contributed by atoms with E-state index in [9.17, 15) is 4.79 Å². The van der Waals surface area contributed by atoms with Crippen LogP contribution in [0, 0.1) is 0 Å². The molecule has 0 saturated heterocycles. The monoisotopic (exact) mass is 195 g/mol. The molecule has 0 radical (unpaired) electrons. The molecule has 0 aromatic heterocycles. The first-order valence-corrected chi connectivity index (χ1v) is 4.29. The Balaban J connectivity index is 3.08. The van der Waals surface area contributed by atoms with E-state index in [0.717, 1.165) is 0 Å². The zero-order valence-corrected chi connectivity index (χ0v) is 7.95. The lowest BCUT2D eigenvalue weighted by molar-refractivity contribution is -0.114. The maximum atomic E-state index is 10.8. The zero-order valence-electron chi connectivity index (χ0n) is 7.95. The number of hydrogen-bond acceptors (Lipinski definition) is 3. The van der Waals surface area contributed by atoms with Crippen molar-refractivity contribution in [2.24, 2.45) is 0 Å². The fourth-order valence-electron chi connectivity index (χ4n) is 1.28. The minimum Gasteiger partial charge on any atom is -0.392 e. The molecule has 0 fully saturated rings. The lowest BCUT2D eigenvalue weighted by Crippen LogP contribution is -2.09. The molecule has 0 aliphatic heterocycles. The second-order valence-corrected chi connectivity index (χ2v) is 2.94. The predicted octanol–water partition coefficient (Wildman–Crippen LogP) is 0.630. The zero-order chi connectivity index (χ0) is 10.6. The van der Waals surface area contributed by atoms with Gasteiger partial charge in [0.05, 0.1) is 13.2 Å². The van der Waals surface area contributed by atoms with Gasteiger partial charge in [0.2, 0.25) is 5.91 Å². The number of rotatable bonds is 3. The number of benzene rings is 1. The third-order valence-electron chi connectivity index (χ3n) is 1.91. The highest BCUT2D eigenvalue weighted by Crippen LogP contribution is 2.20. The summed E-state index contributed by atoms with van der Waals surface area (Å²) < 4.78 is 0. The Hall–Kier alpha value is -1.39. The predicted molar refractivity (Wildman–Crippen MR) is 52.6 cm³/mol. The van der Waals surface area contributed by atoms with Crippen LogP contribution in [-0.2, 0) is 18.0 Å². The average molecular weight is 195 g/mol. The van der Waals surface area contributed by atoms with Crippen LogP contribution in [0.15, 0.2) is 18.2 Å². The van der Waals surface area contributed by atoms with Gasteiger partial charge in [0.1, 0.15) is 0 Å². The summed E-state index contributed by atoms with van der Waals surface area (Å²) >= 11 is 0. The number of carbonyl (C=O) groups is 1. The van der Waals surface area contributed by atoms with Crippen molar-refractivity contribution in [3.05, 3.63) is 29.3 Å². The standard InChI is InChI=1S/C10H13NO3/c1-7(14)11-10-4-2-3-8(5-12)9(10)6-13/h2-4,12-13H,5-6H2,1H3,(H,11,14). The molecule has 0 aliphatic carbocycles. The third kappa shape index (κ3) is 2.31. The minimum absolute atomic E-state index is 0.149. The topological polar surface area (TPSA) is 69.6 Å². The highest BCUT2D eigenvalue weighted by molar-refractivity contribution is 5.89. The van der Waals surface area contributed by atoms with Crippen molar-refractivity contribution in [1.82, 2.24) is 0 Å². The van der Waals surface area contributed by atoms with Gasteiger partial charge in [-0.05, 0) is 11.6 Å². The molecule has 0 saturated carbocycles. The van der Waals surface area contributed by atoms with Crippen molar-refractivity contribution >= 4 is 11.6 Å². The SMILES string of the molecule is CC(=O)Nc1cccc(CO)c1CO. The third-order valence-corrected chi connectivity index (χ3v) is 1.91. The molecule has 1 rings (SSSR count). The van der Waals surface area contributed by atoms with Crippen LogP contribution in [0.3, 0.4) is 0 Å². The minimum atomic E-state index is -0.202. The molecule has 1 aromatic carbocycles. The fourth-order valence-corrected chi connectivity index (χ4v) is 1.28. The highest BCUT2D eigenvalue weighted by Gasteiger charge is 2.07. The van der Waals surface area contributed by atoms with E-state index >= 15 is 0 Å². The summed E-state index contributed by atoms with van der Waals surface area (Å²) in [5.74, 6) is -0.199. The van der Waals surface area contributed by atoms with Crippen molar-refractivity contribution in [2.75, 3.05) is 5.32 Å². The van der Waals surface area contributed by atoms with Gasteiger partial charge in [-0.1, -0.05) is 12.1 Å². The Bertz CT molecular complexity index is 336. The lowest BCUT2D eigenvalue weighted by Gasteiger charge is -2.11. The van der Waals surface area contributed by atoms with E-state index in [1.165, 1.54) is 6.92 Å². The first-order valence-electron chi connectivity index (χ1n) is 4.29. The Morgan fingerprint density at radius 2 is 2.07 bits per heavy atom. The molecule has 0 bridgehead atoms. The number of aliphatic hydroxyl groups excluding tert-OH is 2. The number of nitrogens with one attached hydrogen (secondary N) is 1. The average Bonchev–Trinajstić information content (AvgIpc) is 2.16. The van der Waals surface area contributed by atoms with Crippen LogP contribution in [0.25, 0.3) is 0 Å². The second-order valence-electron chi connectivity index (χ2n) is 2.94. The Labute approximate surface area is 82.2 Å². The number of amides is 1. The molecule has 0 heterocycles. The summed E-state index contributed by atoms with van der Waals surface area (Å²) in [5.41, 5.74) is 1.73. The molecule has 4 nitrogen and oxygen atoms in total. The summed E-state index contributed by atoms with van der Waals surface area (Å²) in [7, 11) is 0. The molecule has 76 valence electrons. The number of aliphatic hydroxyl groups is 2. The molecule has 0 atom stereocenters. The molecule has 0 unspecified atom stereocenters. The van der Waals surface area contributed by atoms with E-state index < -0.39 is 0 Å². The van der Waals surface area contributed by atoms with Crippen molar-refractivity contribution < 1.29 is 15.0 Å². The number of anilines is 1.